The van der Waals surface area contributed by atoms with Gasteiger partial charge in [-0.1, -0.05) is 28.1 Å². The highest BCUT2D eigenvalue weighted by Crippen LogP contribution is 2.16. The maximum atomic E-state index is 13.2. The molecule has 1 N–H and O–H groups in total. The molecule has 2 aromatic carbocycles. The molecule has 100 valence electrons. The Morgan fingerprint density at radius 3 is 2.55 bits per heavy atom. The predicted octanol–water partition coefficient (Wildman–Crippen LogP) is 4.02. The molecule has 0 atom stereocenters. The lowest BCUT2D eigenvalue weighted by atomic mass is 10.0. The standard InChI is InChI=1S/C16H11BrFNO/c17-13-3-1-10(2-4-13)7-12-8-11-9-14(18)5-6-15(11)19-16(12)20/h1-6,8-9H,7H2,(H,19,20). The van der Waals surface area contributed by atoms with E-state index >= 15 is 0 Å². The van der Waals surface area contributed by atoms with Crippen LogP contribution in [-0.2, 0) is 6.42 Å². The Morgan fingerprint density at radius 1 is 1.05 bits per heavy atom. The van der Waals surface area contributed by atoms with Crippen molar-refractivity contribution < 1.29 is 4.39 Å². The summed E-state index contributed by atoms with van der Waals surface area (Å²) in [5.74, 6) is -0.306. The number of benzene rings is 2. The lowest BCUT2D eigenvalue weighted by Gasteiger charge is -2.04. The van der Waals surface area contributed by atoms with Crippen LogP contribution >= 0.6 is 15.9 Å². The van der Waals surface area contributed by atoms with Gasteiger partial charge in [-0.25, -0.2) is 4.39 Å². The van der Waals surface area contributed by atoms with E-state index in [0.717, 1.165) is 10.0 Å². The molecular formula is C16H11BrFNO. The molecule has 0 saturated carbocycles. The molecule has 3 aromatic rings. The summed E-state index contributed by atoms with van der Waals surface area (Å²) in [6.07, 6.45) is 0.523. The van der Waals surface area contributed by atoms with Gasteiger partial charge in [-0.15, -0.1) is 0 Å². The number of H-pyrrole nitrogens is 1. The zero-order valence-corrected chi connectivity index (χ0v) is 12.1. The zero-order chi connectivity index (χ0) is 14.1. The van der Waals surface area contributed by atoms with Gasteiger partial charge in [0.2, 0.25) is 0 Å². The molecule has 0 aliphatic carbocycles. The second kappa shape index (κ2) is 5.21. The third-order valence-electron chi connectivity index (χ3n) is 3.19. The van der Waals surface area contributed by atoms with Crippen LogP contribution in [-0.4, -0.2) is 4.98 Å². The first kappa shape index (κ1) is 13.1. The van der Waals surface area contributed by atoms with Gasteiger partial charge in [0.05, 0.1) is 0 Å². The number of hydrogen-bond donors (Lipinski definition) is 1. The topological polar surface area (TPSA) is 32.9 Å². The van der Waals surface area contributed by atoms with Crippen LogP contribution in [0.3, 0.4) is 0 Å². The van der Waals surface area contributed by atoms with E-state index in [0.29, 0.717) is 22.9 Å². The fraction of sp³-hybridized carbons (Fsp3) is 0.0625. The smallest absolute Gasteiger partial charge is 0.251 e. The van der Waals surface area contributed by atoms with Crippen molar-refractivity contribution in [2.75, 3.05) is 0 Å². The summed E-state index contributed by atoms with van der Waals surface area (Å²) in [7, 11) is 0. The summed E-state index contributed by atoms with van der Waals surface area (Å²) >= 11 is 3.38. The van der Waals surface area contributed by atoms with Crippen molar-refractivity contribution in [3.63, 3.8) is 0 Å². The van der Waals surface area contributed by atoms with Crippen LogP contribution < -0.4 is 5.56 Å². The Labute approximate surface area is 123 Å². The predicted molar refractivity (Wildman–Crippen MR) is 81.5 cm³/mol. The molecular weight excluding hydrogens is 321 g/mol. The normalized spacial score (nSPS) is 10.9. The number of aromatic nitrogens is 1. The summed E-state index contributed by atoms with van der Waals surface area (Å²) in [5.41, 5.74) is 2.18. The Kier molecular flexibility index (Phi) is 3.40. The number of halogens is 2. The van der Waals surface area contributed by atoms with E-state index in [4.69, 9.17) is 0 Å². The first-order valence-corrected chi connectivity index (χ1v) is 6.97. The zero-order valence-electron chi connectivity index (χ0n) is 10.5. The maximum Gasteiger partial charge on any atom is 0.251 e. The van der Waals surface area contributed by atoms with Crippen molar-refractivity contribution in [1.29, 1.82) is 0 Å². The van der Waals surface area contributed by atoms with Crippen molar-refractivity contribution >= 4 is 26.8 Å². The summed E-state index contributed by atoms with van der Waals surface area (Å²) in [4.78, 5) is 14.8. The third kappa shape index (κ3) is 2.65. The summed E-state index contributed by atoms with van der Waals surface area (Å²) < 4.78 is 14.2. The molecule has 20 heavy (non-hydrogen) atoms. The highest BCUT2D eigenvalue weighted by molar-refractivity contribution is 9.10. The van der Waals surface area contributed by atoms with Crippen molar-refractivity contribution in [2.45, 2.75) is 6.42 Å². The van der Waals surface area contributed by atoms with Crippen LogP contribution in [0.4, 0.5) is 4.39 Å². The van der Waals surface area contributed by atoms with Crippen molar-refractivity contribution in [3.8, 4) is 0 Å². The van der Waals surface area contributed by atoms with E-state index in [2.05, 4.69) is 20.9 Å². The summed E-state index contributed by atoms with van der Waals surface area (Å²) in [6, 6.07) is 13.9. The van der Waals surface area contributed by atoms with Crippen molar-refractivity contribution in [3.05, 3.63) is 80.3 Å². The van der Waals surface area contributed by atoms with Gasteiger partial charge in [0.1, 0.15) is 5.82 Å². The molecule has 4 heteroatoms. The molecule has 0 fully saturated rings. The highest BCUT2D eigenvalue weighted by atomic mass is 79.9. The minimum atomic E-state index is -0.306. The molecule has 0 amide bonds. The molecule has 0 bridgehead atoms. The lowest BCUT2D eigenvalue weighted by Crippen LogP contribution is -2.12. The van der Waals surface area contributed by atoms with E-state index in [9.17, 15) is 9.18 Å². The first-order valence-electron chi connectivity index (χ1n) is 6.18. The Bertz CT molecular complexity index is 824. The van der Waals surface area contributed by atoms with Crippen LogP contribution in [0, 0.1) is 5.82 Å². The minimum Gasteiger partial charge on any atom is -0.322 e. The average molecular weight is 332 g/mol. The quantitative estimate of drug-likeness (QED) is 0.755. The fourth-order valence-electron chi connectivity index (χ4n) is 2.18. The Balaban J connectivity index is 2.04. The van der Waals surface area contributed by atoms with Crippen molar-refractivity contribution in [2.24, 2.45) is 0 Å². The molecule has 3 rings (SSSR count). The molecule has 0 aliphatic rings. The van der Waals surface area contributed by atoms with Crippen LogP contribution in [0.25, 0.3) is 10.9 Å². The fourth-order valence-corrected chi connectivity index (χ4v) is 2.44. The highest BCUT2D eigenvalue weighted by Gasteiger charge is 2.05. The monoisotopic (exact) mass is 331 g/mol. The van der Waals surface area contributed by atoms with E-state index in [1.54, 1.807) is 12.1 Å². The van der Waals surface area contributed by atoms with Gasteiger partial charge >= 0.3 is 0 Å². The average Bonchev–Trinajstić information content (AvgIpc) is 2.42. The van der Waals surface area contributed by atoms with Crippen LogP contribution in [0.5, 0.6) is 0 Å². The number of nitrogens with one attached hydrogen (secondary N) is 1. The van der Waals surface area contributed by atoms with Gasteiger partial charge in [0.15, 0.2) is 0 Å². The molecule has 0 unspecified atom stereocenters. The molecule has 0 spiro atoms. The molecule has 1 heterocycles. The van der Waals surface area contributed by atoms with Crippen LogP contribution in [0.1, 0.15) is 11.1 Å². The van der Waals surface area contributed by atoms with Gasteiger partial charge < -0.3 is 4.98 Å². The van der Waals surface area contributed by atoms with Crippen LogP contribution in [0.2, 0.25) is 0 Å². The number of pyridine rings is 1. The third-order valence-corrected chi connectivity index (χ3v) is 3.72. The Hall–Kier alpha value is -1.94. The van der Waals surface area contributed by atoms with Gasteiger partial charge in [-0.2, -0.15) is 0 Å². The van der Waals surface area contributed by atoms with E-state index in [1.807, 2.05) is 24.3 Å². The molecule has 2 nitrogen and oxygen atoms in total. The second-order valence-corrected chi connectivity index (χ2v) is 5.57. The number of rotatable bonds is 2. The molecule has 1 aromatic heterocycles. The summed E-state index contributed by atoms with van der Waals surface area (Å²) in [6.45, 7) is 0. The van der Waals surface area contributed by atoms with Crippen molar-refractivity contribution in [1.82, 2.24) is 4.98 Å². The SMILES string of the molecule is O=c1[nH]c2ccc(F)cc2cc1Cc1ccc(Br)cc1. The van der Waals surface area contributed by atoms with Gasteiger partial charge in [0.25, 0.3) is 5.56 Å². The van der Waals surface area contributed by atoms with E-state index in [1.165, 1.54) is 12.1 Å². The Morgan fingerprint density at radius 2 is 1.80 bits per heavy atom. The largest absolute Gasteiger partial charge is 0.322 e. The second-order valence-electron chi connectivity index (χ2n) is 4.66. The summed E-state index contributed by atoms with van der Waals surface area (Å²) in [5, 5.41) is 0.705. The van der Waals surface area contributed by atoms with Gasteiger partial charge in [0, 0.05) is 27.4 Å². The number of aromatic amines is 1. The first-order chi connectivity index (χ1) is 9.61. The van der Waals surface area contributed by atoms with E-state index in [-0.39, 0.29) is 11.4 Å². The minimum absolute atomic E-state index is 0.132. The van der Waals surface area contributed by atoms with Crippen LogP contribution in [0.15, 0.2) is 57.8 Å². The molecule has 0 aliphatic heterocycles. The lowest BCUT2D eigenvalue weighted by molar-refractivity contribution is 0.629. The van der Waals surface area contributed by atoms with Gasteiger partial charge in [-0.05, 0) is 42.0 Å². The maximum absolute atomic E-state index is 13.2. The number of hydrogen-bond acceptors (Lipinski definition) is 1. The number of fused-ring (bicyclic) bond motifs is 1. The van der Waals surface area contributed by atoms with E-state index < -0.39 is 0 Å². The molecule has 0 saturated heterocycles. The molecule has 0 radical (unpaired) electrons. The van der Waals surface area contributed by atoms with Gasteiger partial charge in [-0.3, -0.25) is 4.79 Å².